The number of carbonyl (C=O) groups excluding carboxylic acids is 1. The highest BCUT2D eigenvalue weighted by Gasteiger charge is 2.38. The van der Waals surface area contributed by atoms with Crippen molar-refractivity contribution in [3.63, 3.8) is 0 Å². The molecular weight excluding hydrogens is 324 g/mol. The molecule has 2 aliphatic rings. The lowest BCUT2D eigenvalue weighted by atomic mass is 9.81. The summed E-state index contributed by atoms with van der Waals surface area (Å²) in [4.78, 5) is 36.6. The molecule has 0 radical (unpaired) electrons. The molecule has 2 saturated carbocycles. The molecule has 0 bridgehead atoms. The number of carboxylic acid groups (broad SMARTS) is 1. The van der Waals surface area contributed by atoms with Gasteiger partial charge in [0.15, 0.2) is 0 Å². The van der Waals surface area contributed by atoms with E-state index < -0.39 is 10.9 Å². The van der Waals surface area contributed by atoms with Crippen LogP contribution in [0.1, 0.15) is 44.1 Å². The molecule has 7 heteroatoms. The van der Waals surface area contributed by atoms with Gasteiger partial charge in [0.05, 0.1) is 17.4 Å². The number of nitro benzene ring substituents is 1. The first-order valence-corrected chi connectivity index (χ1v) is 8.73. The molecule has 2 fully saturated rings. The van der Waals surface area contributed by atoms with E-state index in [2.05, 4.69) is 0 Å². The Hall–Kier alpha value is -2.44. The molecule has 0 saturated heterocycles. The predicted octanol–water partition coefficient (Wildman–Crippen LogP) is 2.98. The van der Waals surface area contributed by atoms with Gasteiger partial charge in [-0.3, -0.25) is 19.7 Å². The Labute approximate surface area is 145 Å². The minimum Gasteiger partial charge on any atom is -0.481 e. The van der Waals surface area contributed by atoms with Crippen LogP contribution in [0.5, 0.6) is 0 Å². The molecule has 0 aromatic heterocycles. The highest BCUT2D eigenvalue weighted by molar-refractivity contribution is 5.80. The van der Waals surface area contributed by atoms with E-state index >= 15 is 0 Å². The number of carbonyl (C=O) groups is 2. The summed E-state index contributed by atoms with van der Waals surface area (Å²) in [7, 11) is 0. The lowest BCUT2D eigenvalue weighted by Crippen LogP contribution is -2.39. The third-order valence-corrected chi connectivity index (χ3v) is 5.23. The molecule has 134 valence electrons. The number of benzene rings is 1. The Balaban J connectivity index is 1.71. The number of para-hydroxylation sites is 1. The van der Waals surface area contributed by atoms with Gasteiger partial charge in [0, 0.05) is 23.6 Å². The molecule has 3 rings (SSSR count). The zero-order valence-electron chi connectivity index (χ0n) is 14.0. The highest BCUT2D eigenvalue weighted by Crippen LogP contribution is 2.36. The summed E-state index contributed by atoms with van der Waals surface area (Å²) in [5.74, 6) is -1.29. The summed E-state index contributed by atoms with van der Waals surface area (Å²) >= 11 is 0. The average Bonchev–Trinajstić information content (AvgIpc) is 3.44. The van der Waals surface area contributed by atoms with Crippen LogP contribution in [0, 0.1) is 22.0 Å². The monoisotopic (exact) mass is 346 g/mol. The molecule has 0 aliphatic heterocycles. The number of hydrogen-bond acceptors (Lipinski definition) is 4. The molecule has 0 atom stereocenters. The van der Waals surface area contributed by atoms with Crippen molar-refractivity contribution in [2.24, 2.45) is 11.8 Å². The molecule has 0 heterocycles. The van der Waals surface area contributed by atoms with Crippen molar-refractivity contribution in [1.82, 2.24) is 4.90 Å². The van der Waals surface area contributed by atoms with E-state index in [4.69, 9.17) is 5.11 Å². The molecule has 1 aromatic carbocycles. The summed E-state index contributed by atoms with van der Waals surface area (Å²) in [5, 5.41) is 20.3. The molecular formula is C18H22N2O5. The Morgan fingerprint density at radius 1 is 1.08 bits per heavy atom. The van der Waals surface area contributed by atoms with Crippen LogP contribution in [0.15, 0.2) is 24.3 Å². The Morgan fingerprint density at radius 2 is 1.68 bits per heavy atom. The summed E-state index contributed by atoms with van der Waals surface area (Å²) in [6, 6.07) is 6.68. The summed E-state index contributed by atoms with van der Waals surface area (Å²) < 4.78 is 0. The minimum atomic E-state index is -0.787. The Morgan fingerprint density at radius 3 is 2.24 bits per heavy atom. The van der Waals surface area contributed by atoms with Crippen molar-refractivity contribution in [1.29, 1.82) is 0 Å². The smallest absolute Gasteiger partial charge is 0.306 e. The Kier molecular flexibility index (Phi) is 5.01. The quantitative estimate of drug-likeness (QED) is 0.630. The first-order valence-electron chi connectivity index (χ1n) is 8.73. The molecule has 1 aromatic rings. The first kappa shape index (κ1) is 17.4. The topological polar surface area (TPSA) is 101 Å². The van der Waals surface area contributed by atoms with Crippen molar-refractivity contribution in [2.45, 2.75) is 51.1 Å². The van der Waals surface area contributed by atoms with Crippen LogP contribution in [-0.4, -0.2) is 32.8 Å². The van der Waals surface area contributed by atoms with Crippen LogP contribution < -0.4 is 0 Å². The van der Waals surface area contributed by atoms with E-state index in [1.807, 2.05) is 0 Å². The third kappa shape index (κ3) is 3.97. The fourth-order valence-corrected chi connectivity index (χ4v) is 3.60. The zero-order valence-corrected chi connectivity index (χ0v) is 14.0. The maximum Gasteiger partial charge on any atom is 0.306 e. The number of amides is 1. The maximum atomic E-state index is 13.0. The van der Waals surface area contributed by atoms with E-state index in [-0.39, 0.29) is 36.0 Å². The third-order valence-electron chi connectivity index (χ3n) is 5.23. The lowest BCUT2D eigenvalue weighted by Gasteiger charge is -2.31. The van der Waals surface area contributed by atoms with Gasteiger partial charge in [-0.05, 0) is 38.5 Å². The van der Waals surface area contributed by atoms with Gasteiger partial charge in [-0.15, -0.1) is 0 Å². The fourth-order valence-electron chi connectivity index (χ4n) is 3.60. The zero-order chi connectivity index (χ0) is 18.0. The van der Waals surface area contributed by atoms with E-state index in [9.17, 15) is 19.7 Å². The number of nitrogens with zero attached hydrogens (tertiary/aromatic N) is 2. The van der Waals surface area contributed by atoms with E-state index in [1.165, 1.54) is 6.07 Å². The molecule has 2 aliphatic carbocycles. The van der Waals surface area contributed by atoms with Crippen LogP contribution in [0.4, 0.5) is 5.69 Å². The first-order chi connectivity index (χ1) is 12.0. The van der Waals surface area contributed by atoms with Crippen LogP contribution in [0.25, 0.3) is 0 Å². The normalized spacial score (nSPS) is 23.0. The van der Waals surface area contributed by atoms with Gasteiger partial charge >= 0.3 is 5.97 Å². The van der Waals surface area contributed by atoms with Crippen LogP contribution in [-0.2, 0) is 16.1 Å². The summed E-state index contributed by atoms with van der Waals surface area (Å²) in [5.41, 5.74) is 0.586. The van der Waals surface area contributed by atoms with Gasteiger partial charge in [0.2, 0.25) is 5.91 Å². The van der Waals surface area contributed by atoms with Gasteiger partial charge < -0.3 is 10.0 Å². The van der Waals surface area contributed by atoms with Crippen molar-refractivity contribution in [3.05, 3.63) is 39.9 Å². The van der Waals surface area contributed by atoms with E-state index in [1.54, 1.807) is 23.1 Å². The SMILES string of the molecule is O=C(O)C1CCC(C(=O)N(Cc2ccccc2[N+](=O)[O-])C2CC2)CC1. The van der Waals surface area contributed by atoms with Gasteiger partial charge in [-0.25, -0.2) is 0 Å². The van der Waals surface area contributed by atoms with Crippen molar-refractivity contribution in [3.8, 4) is 0 Å². The standard InChI is InChI=1S/C18H22N2O5/c21-17(12-5-7-13(8-6-12)18(22)23)19(15-9-10-15)11-14-3-1-2-4-16(14)20(24)25/h1-4,12-13,15H,5-11H2,(H,22,23). The van der Waals surface area contributed by atoms with Crippen molar-refractivity contribution < 1.29 is 19.6 Å². The average molecular weight is 346 g/mol. The summed E-state index contributed by atoms with van der Waals surface area (Å²) in [6.07, 6.45) is 4.06. The lowest BCUT2D eigenvalue weighted by molar-refractivity contribution is -0.385. The van der Waals surface area contributed by atoms with Crippen LogP contribution in [0.2, 0.25) is 0 Å². The second-order valence-corrected chi connectivity index (χ2v) is 6.97. The molecule has 1 amide bonds. The van der Waals surface area contributed by atoms with Crippen LogP contribution in [0.3, 0.4) is 0 Å². The summed E-state index contributed by atoms with van der Waals surface area (Å²) in [6.45, 7) is 0.250. The number of nitro groups is 1. The number of aliphatic carboxylic acids is 1. The predicted molar refractivity (Wildman–Crippen MR) is 89.8 cm³/mol. The fraction of sp³-hybridized carbons (Fsp3) is 0.556. The second kappa shape index (κ2) is 7.21. The van der Waals surface area contributed by atoms with Gasteiger partial charge in [-0.1, -0.05) is 18.2 Å². The van der Waals surface area contributed by atoms with E-state index in [0.29, 0.717) is 31.2 Å². The van der Waals surface area contributed by atoms with Gasteiger partial charge in [0.25, 0.3) is 5.69 Å². The minimum absolute atomic E-state index is 0.0180. The van der Waals surface area contributed by atoms with Crippen LogP contribution >= 0.6 is 0 Å². The van der Waals surface area contributed by atoms with Gasteiger partial charge in [0.1, 0.15) is 0 Å². The largest absolute Gasteiger partial charge is 0.481 e. The highest BCUT2D eigenvalue weighted by atomic mass is 16.6. The van der Waals surface area contributed by atoms with Crippen molar-refractivity contribution >= 4 is 17.6 Å². The number of hydrogen-bond donors (Lipinski definition) is 1. The maximum absolute atomic E-state index is 13.0. The van der Waals surface area contributed by atoms with E-state index in [0.717, 1.165) is 12.8 Å². The molecule has 0 unspecified atom stereocenters. The molecule has 1 N–H and O–H groups in total. The molecule has 25 heavy (non-hydrogen) atoms. The molecule has 7 nitrogen and oxygen atoms in total. The number of carboxylic acids is 1. The number of rotatable bonds is 6. The second-order valence-electron chi connectivity index (χ2n) is 6.97. The van der Waals surface area contributed by atoms with Crippen molar-refractivity contribution in [2.75, 3.05) is 0 Å². The van der Waals surface area contributed by atoms with Gasteiger partial charge in [-0.2, -0.15) is 0 Å². The molecule has 0 spiro atoms. The Bertz CT molecular complexity index is 678.